The van der Waals surface area contributed by atoms with Crippen LogP contribution in [0.2, 0.25) is 0 Å². The number of benzene rings is 2. The highest BCUT2D eigenvalue weighted by molar-refractivity contribution is 6.07. The van der Waals surface area contributed by atoms with Gasteiger partial charge in [-0.2, -0.15) is 13.2 Å². The van der Waals surface area contributed by atoms with E-state index in [-0.39, 0.29) is 17.8 Å². The average Bonchev–Trinajstić information content (AvgIpc) is 3.08. The van der Waals surface area contributed by atoms with Crippen LogP contribution in [0.3, 0.4) is 0 Å². The topological polar surface area (TPSA) is 75.8 Å². The molecular formula is C29H36F3N3O2. The monoisotopic (exact) mass is 515 g/mol. The zero-order valence-electron chi connectivity index (χ0n) is 22.1. The van der Waals surface area contributed by atoms with Crippen molar-refractivity contribution in [2.24, 2.45) is 22.6 Å². The molecule has 0 aromatic heterocycles. The third kappa shape index (κ3) is 6.05. The third-order valence-corrected chi connectivity index (χ3v) is 6.90. The van der Waals surface area contributed by atoms with Gasteiger partial charge < -0.3 is 5.73 Å². The lowest BCUT2D eigenvalue weighted by Crippen LogP contribution is -2.45. The molecule has 0 spiro atoms. The van der Waals surface area contributed by atoms with Crippen molar-refractivity contribution in [2.75, 3.05) is 0 Å². The highest BCUT2D eigenvalue weighted by Gasteiger charge is 2.51. The van der Waals surface area contributed by atoms with Gasteiger partial charge in [0.25, 0.3) is 5.91 Å². The van der Waals surface area contributed by atoms with Crippen LogP contribution in [0, 0.1) is 11.8 Å². The summed E-state index contributed by atoms with van der Waals surface area (Å²) in [6.07, 6.45) is -2.33. The Morgan fingerprint density at radius 1 is 1.00 bits per heavy atom. The Morgan fingerprint density at radius 2 is 1.62 bits per heavy atom. The Balaban J connectivity index is 2.14. The maximum absolute atomic E-state index is 14.2. The van der Waals surface area contributed by atoms with Crippen LogP contribution in [0.25, 0.3) is 0 Å². The lowest BCUT2D eigenvalue weighted by Gasteiger charge is -2.33. The highest BCUT2D eigenvalue weighted by Crippen LogP contribution is 2.43. The maximum atomic E-state index is 14.2. The van der Waals surface area contributed by atoms with E-state index in [1.807, 2.05) is 44.2 Å². The number of halogens is 3. The molecule has 1 amide bonds. The summed E-state index contributed by atoms with van der Waals surface area (Å²) in [4.78, 5) is 32.6. The van der Waals surface area contributed by atoms with Crippen LogP contribution in [-0.4, -0.2) is 22.5 Å². The minimum Gasteiger partial charge on any atom is -0.369 e. The van der Waals surface area contributed by atoms with Gasteiger partial charge in [-0.3, -0.25) is 14.5 Å². The van der Waals surface area contributed by atoms with E-state index in [4.69, 9.17) is 10.7 Å². The fourth-order valence-electron chi connectivity index (χ4n) is 4.85. The number of hydrogen-bond acceptors (Lipinski definition) is 4. The van der Waals surface area contributed by atoms with E-state index in [9.17, 15) is 22.8 Å². The van der Waals surface area contributed by atoms with Gasteiger partial charge in [-0.25, -0.2) is 4.99 Å². The zero-order chi connectivity index (χ0) is 27.5. The molecule has 5 nitrogen and oxygen atoms in total. The van der Waals surface area contributed by atoms with Crippen molar-refractivity contribution in [3.63, 3.8) is 0 Å². The maximum Gasteiger partial charge on any atom is 0.417 e. The van der Waals surface area contributed by atoms with Gasteiger partial charge >= 0.3 is 6.18 Å². The van der Waals surface area contributed by atoms with E-state index in [2.05, 4.69) is 13.8 Å². The van der Waals surface area contributed by atoms with Gasteiger partial charge in [-0.05, 0) is 67.7 Å². The third-order valence-electron chi connectivity index (χ3n) is 6.90. The number of carbonyl (C=O) groups excluding carboxylic acids is 2. The summed E-state index contributed by atoms with van der Waals surface area (Å²) in [5.74, 6) is -0.351. The molecule has 0 bridgehead atoms. The fourth-order valence-corrected chi connectivity index (χ4v) is 4.85. The van der Waals surface area contributed by atoms with Crippen LogP contribution in [0.4, 0.5) is 13.2 Å². The molecule has 2 aromatic carbocycles. The molecule has 8 heteroatoms. The molecule has 1 aliphatic heterocycles. The summed E-state index contributed by atoms with van der Waals surface area (Å²) in [7, 11) is 0. The van der Waals surface area contributed by atoms with Crippen molar-refractivity contribution >= 4 is 17.6 Å². The summed E-state index contributed by atoms with van der Waals surface area (Å²) in [6, 6.07) is 12.1. The minimum absolute atomic E-state index is 0.0376. The molecule has 0 aliphatic carbocycles. The van der Waals surface area contributed by atoms with E-state index in [1.165, 1.54) is 17.0 Å². The standard InChI is InChI=1S/C29H36F3N3O2/c1-18(2)11-14-25(21-12-13-24(29(30,31)32)23(17-21)20(5)36)35-26(37)28(34-27(35)33,16-15-19(3)4)22-9-7-6-8-10-22/h6-10,12-13,17-19,25H,11,14-16H2,1-5H3,(H2,33,34)/t25?,28-/m1/s1. The van der Waals surface area contributed by atoms with Crippen molar-refractivity contribution in [1.82, 2.24) is 4.90 Å². The van der Waals surface area contributed by atoms with Crippen LogP contribution < -0.4 is 5.73 Å². The number of rotatable bonds is 10. The predicted molar refractivity (Wildman–Crippen MR) is 139 cm³/mol. The smallest absolute Gasteiger partial charge is 0.369 e. The van der Waals surface area contributed by atoms with Crippen molar-refractivity contribution in [3.8, 4) is 0 Å². The molecule has 0 radical (unpaired) electrons. The quantitative estimate of drug-likeness (QED) is 0.351. The number of alkyl halides is 3. The molecule has 3 rings (SSSR count). The number of carbonyl (C=O) groups is 2. The van der Waals surface area contributed by atoms with Gasteiger partial charge in [-0.15, -0.1) is 0 Å². The second-order valence-electron chi connectivity index (χ2n) is 10.6. The van der Waals surface area contributed by atoms with Crippen LogP contribution in [0.1, 0.15) is 93.4 Å². The summed E-state index contributed by atoms with van der Waals surface area (Å²) in [6.45, 7) is 9.32. The summed E-state index contributed by atoms with van der Waals surface area (Å²) < 4.78 is 40.8. The van der Waals surface area contributed by atoms with Gasteiger partial charge in [0.05, 0.1) is 11.6 Å². The number of guanidine groups is 1. The molecule has 0 fully saturated rings. The Labute approximate surface area is 217 Å². The Morgan fingerprint density at radius 3 is 2.16 bits per heavy atom. The summed E-state index contributed by atoms with van der Waals surface area (Å²) >= 11 is 0. The zero-order valence-corrected chi connectivity index (χ0v) is 22.1. The van der Waals surface area contributed by atoms with Crippen LogP contribution in [0.15, 0.2) is 53.5 Å². The normalized spacial score (nSPS) is 19.0. The van der Waals surface area contributed by atoms with Gasteiger partial charge in [0.15, 0.2) is 17.3 Å². The molecule has 2 aromatic rings. The molecule has 1 heterocycles. The minimum atomic E-state index is -4.67. The number of aliphatic imine (C=N–C) groups is 1. The van der Waals surface area contributed by atoms with Crippen molar-refractivity contribution in [1.29, 1.82) is 0 Å². The van der Waals surface area contributed by atoms with E-state index < -0.39 is 34.7 Å². The van der Waals surface area contributed by atoms with E-state index in [0.29, 0.717) is 30.7 Å². The first-order valence-electron chi connectivity index (χ1n) is 12.7. The largest absolute Gasteiger partial charge is 0.417 e. The average molecular weight is 516 g/mol. The summed E-state index contributed by atoms with van der Waals surface area (Å²) in [5.41, 5.74) is 4.98. The van der Waals surface area contributed by atoms with Gasteiger partial charge in [-0.1, -0.05) is 64.1 Å². The molecule has 37 heavy (non-hydrogen) atoms. The van der Waals surface area contributed by atoms with Gasteiger partial charge in [0.2, 0.25) is 0 Å². The molecule has 1 aliphatic rings. The van der Waals surface area contributed by atoms with Crippen molar-refractivity contribution in [2.45, 2.75) is 78.1 Å². The molecule has 1 unspecified atom stereocenters. The Bertz CT molecular complexity index is 1160. The number of amides is 1. The highest BCUT2D eigenvalue weighted by atomic mass is 19.4. The first kappa shape index (κ1) is 28.4. The first-order valence-corrected chi connectivity index (χ1v) is 12.7. The van der Waals surface area contributed by atoms with E-state index >= 15 is 0 Å². The van der Waals surface area contributed by atoms with Crippen LogP contribution in [-0.2, 0) is 16.5 Å². The first-order chi connectivity index (χ1) is 17.3. The summed E-state index contributed by atoms with van der Waals surface area (Å²) in [5, 5.41) is 0. The van der Waals surface area contributed by atoms with Crippen molar-refractivity contribution in [3.05, 3.63) is 70.8 Å². The second kappa shape index (κ2) is 11.1. The van der Waals surface area contributed by atoms with Gasteiger partial charge in [0, 0.05) is 5.56 Å². The number of nitrogens with zero attached hydrogens (tertiary/aromatic N) is 2. The molecule has 2 N–H and O–H groups in total. The van der Waals surface area contributed by atoms with Crippen molar-refractivity contribution < 1.29 is 22.8 Å². The number of hydrogen-bond donors (Lipinski definition) is 1. The molecule has 0 saturated heterocycles. The lowest BCUT2D eigenvalue weighted by molar-refractivity contribution is -0.138. The van der Waals surface area contributed by atoms with Crippen LogP contribution >= 0.6 is 0 Å². The molecule has 200 valence electrons. The second-order valence-corrected chi connectivity index (χ2v) is 10.6. The number of nitrogens with two attached hydrogens (primary N) is 1. The van der Waals surface area contributed by atoms with E-state index in [1.54, 1.807) is 0 Å². The Hall–Kier alpha value is -3.16. The molecule has 2 atom stereocenters. The lowest BCUT2D eigenvalue weighted by atomic mass is 9.83. The van der Waals surface area contributed by atoms with E-state index in [0.717, 1.165) is 25.0 Å². The molecular weight excluding hydrogens is 479 g/mol. The van der Waals surface area contributed by atoms with Gasteiger partial charge in [0.1, 0.15) is 0 Å². The number of ketones is 1. The number of Topliss-reactive ketones (excluding diaryl/α,β-unsaturated/α-hetero) is 1. The molecule has 0 saturated carbocycles. The Kier molecular flexibility index (Phi) is 8.50. The predicted octanol–water partition coefficient (Wildman–Crippen LogP) is 6.87. The SMILES string of the molecule is CC(=O)c1cc(C(CCC(C)C)N2C(=O)[C@@](CCC(C)C)(c3ccccc3)N=C2N)ccc1C(F)(F)F. The van der Waals surface area contributed by atoms with Crippen LogP contribution in [0.5, 0.6) is 0 Å². The fraction of sp³-hybridized carbons (Fsp3) is 0.483.